The summed E-state index contributed by atoms with van der Waals surface area (Å²) >= 11 is 0. The van der Waals surface area contributed by atoms with Crippen LogP contribution < -0.4 is 11.1 Å². The summed E-state index contributed by atoms with van der Waals surface area (Å²) < 4.78 is 10.9. The van der Waals surface area contributed by atoms with Crippen molar-refractivity contribution in [3.63, 3.8) is 0 Å². The molecule has 0 rings (SSSR count). The predicted molar refractivity (Wildman–Crippen MR) is 70.5 cm³/mol. The van der Waals surface area contributed by atoms with Crippen molar-refractivity contribution in [1.82, 2.24) is 5.32 Å². The molecule has 0 fully saturated rings. The van der Waals surface area contributed by atoms with Crippen LogP contribution in [0.1, 0.15) is 26.7 Å². The van der Waals surface area contributed by atoms with Crippen LogP contribution in [0.2, 0.25) is 0 Å². The molecule has 0 aliphatic heterocycles. The van der Waals surface area contributed by atoms with Gasteiger partial charge in [-0.15, -0.1) is 0 Å². The van der Waals surface area contributed by atoms with Crippen molar-refractivity contribution in [1.29, 1.82) is 0 Å². The molecule has 0 aliphatic carbocycles. The first kappa shape index (κ1) is 17.1. The molecule has 0 saturated heterocycles. The number of carboxylic acid groups (broad SMARTS) is 1. The van der Waals surface area contributed by atoms with Gasteiger partial charge >= 0.3 is 5.97 Å². The van der Waals surface area contributed by atoms with E-state index in [1.807, 2.05) is 13.8 Å². The summed E-state index contributed by atoms with van der Waals surface area (Å²) in [6.07, 6.45) is 2.37. The lowest BCUT2D eigenvalue weighted by Crippen LogP contribution is -2.51. The molecule has 7 heteroatoms. The van der Waals surface area contributed by atoms with Gasteiger partial charge in [0.25, 0.3) is 0 Å². The number of rotatable bonds is 8. The van der Waals surface area contributed by atoms with Gasteiger partial charge in [-0.05, 0) is 12.3 Å². The van der Waals surface area contributed by atoms with E-state index in [9.17, 15) is 13.8 Å². The average Bonchev–Trinajstić information content (AvgIpc) is 2.31. The Morgan fingerprint density at radius 1 is 1.44 bits per heavy atom. The maximum Gasteiger partial charge on any atom is 0.326 e. The second-order valence-electron chi connectivity index (χ2n) is 4.38. The van der Waals surface area contributed by atoms with Crippen LogP contribution in [0, 0.1) is 5.92 Å². The second kappa shape index (κ2) is 8.20. The van der Waals surface area contributed by atoms with Gasteiger partial charge in [0.05, 0.1) is 6.04 Å². The molecule has 0 spiro atoms. The van der Waals surface area contributed by atoms with Crippen LogP contribution in [0.4, 0.5) is 0 Å². The Morgan fingerprint density at radius 2 is 2.00 bits per heavy atom. The highest BCUT2D eigenvalue weighted by Gasteiger charge is 2.25. The SMILES string of the molecule is CCC(C)C(N)C(=O)NC(CCS(C)=O)C(=O)O. The van der Waals surface area contributed by atoms with Crippen LogP contribution >= 0.6 is 0 Å². The molecule has 0 aliphatic rings. The summed E-state index contributed by atoms with van der Waals surface area (Å²) in [5.41, 5.74) is 5.71. The van der Waals surface area contributed by atoms with E-state index in [1.165, 1.54) is 6.26 Å². The third-order valence-electron chi connectivity index (χ3n) is 2.87. The quantitative estimate of drug-likeness (QED) is 0.564. The zero-order chi connectivity index (χ0) is 14.3. The number of amides is 1. The zero-order valence-corrected chi connectivity index (χ0v) is 11.8. The van der Waals surface area contributed by atoms with Crippen molar-refractivity contribution < 1.29 is 18.9 Å². The number of carbonyl (C=O) groups excluding carboxylic acids is 1. The number of nitrogens with two attached hydrogens (primary N) is 1. The average molecular weight is 278 g/mol. The first-order valence-corrected chi connectivity index (χ1v) is 7.61. The van der Waals surface area contributed by atoms with Gasteiger partial charge in [0, 0.05) is 22.8 Å². The highest BCUT2D eigenvalue weighted by Crippen LogP contribution is 2.06. The van der Waals surface area contributed by atoms with E-state index in [2.05, 4.69) is 5.32 Å². The largest absolute Gasteiger partial charge is 0.480 e. The van der Waals surface area contributed by atoms with Gasteiger partial charge in [-0.3, -0.25) is 9.00 Å². The van der Waals surface area contributed by atoms with Crippen molar-refractivity contribution >= 4 is 22.7 Å². The molecular weight excluding hydrogens is 256 g/mol. The molecular formula is C11H22N2O4S. The number of hydrogen-bond donors (Lipinski definition) is 3. The second-order valence-corrected chi connectivity index (χ2v) is 5.93. The molecule has 6 nitrogen and oxygen atoms in total. The molecule has 0 aromatic carbocycles. The van der Waals surface area contributed by atoms with Gasteiger partial charge in [0.1, 0.15) is 6.04 Å². The van der Waals surface area contributed by atoms with Crippen molar-refractivity contribution in [3.05, 3.63) is 0 Å². The first-order chi connectivity index (χ1) is 8.29. The Labute approximate surface area is 110 Å². The lowest BCUT2D eigenvalue weighted by Gasteiger charge is -2.20. The highest BCUT2D eigenvalue weighted by atomic mass is 32.2. The van der Waals surface area contributed by atoms with E-state index >= 15 is 0 Å². The van der Waals surface area contributed by atoms with Gasteiger partial charge in [-0.2, -0.15) is 0 Å². The summed E-state index contributed by atoms with van der Waals surface area (Å²) in [5.74, 6) is -1.39. The summed E-state index contributed by atoms with van der Waals surface area (Å²) in [7, 11) is -1.08. The molecule has 0 aromatic heterocycles. The van der Waals surface area contributed by atoms with Crippen LogP contribution in [-0.4, -0.2) is 45.3 Å². The van der Waals surface area contributed by atoms with E-state index < -0.39 is 34.8 Å². The van der Waals surface area contributed by atoms with Gasteiger partial charge in [0.2, 0.25) is 5.91 Å². The minimum Gasteiger partial charge on any atom is -0.480 e. The molecule has 0 saturated carbocycles. The van der Waals surface area contributed by atoms with Crippen molar-refractivity contribution in [3.8, 4) is 0 Å². The molecule has 0 aromatic rings. The Morgan fingerprint density at radius 3 is 2.39 bits per heavy atom. The van der Waals surface area contributed by atoms with Gasteiger partial charge in [-0.25, -0.2) is 4.79 Å². The van der Waals surface area contributed by atoms with Gasteiger partial charge < -0.3 is 16.2 Å². The zero-order valence-electron chi connectivity index (χ0n) is 11.0. The third-order valence-corrected chi connectivity index (χ3v) is 3.68. The van der Waals surface area contributed by atoms with Crippen LogP contribution in [0.5, 0.6) is 0 Å². The van der Waals surface area contributed by atoms with Crippen LogP contribution in [0.15, 0.2) is 0 Å². The summed E-state index contributed by atoms with van der Waals surface area (Å²) in [5, 5.41) is 11.3. The summed E-state index contributed by atoms with van der Waals surface area (Å²) in [4.78, 5) is 22.7. The van der Waals surface area contributed by atoms with E-state index in [1.54, 1.807) is 0 Å². The van der Waals surface area contributed by atoms with Crippen LogP contribution in [0.3, 0.4) is 0 Å². The molecule has 4 N–H and O–H groups in total. The molecule has 0 heterocycles. The van der Waals surface area contributed by atoms with Crippen molar-refractivity contribution in [2.75, 3.05) is 12.0 Å². The highest BCUT2D eigenvalue weighted by molar-refractivity contribution is 7.84. The standard InChI is InChI=1S/C11H22N2O4S/c1-4-7(2)9(12)10(14)13-8(11(15)16)5-6-18(3)17/h7-9H,4-6,12H2,1-3H3,(H,13,14)(H,15,16). The Bertz CT molecular complexity index is 322. The smallest absolute Gasteiger partial charge is 0.326 e. The van der Waals surface area contributed by atoms with Gasteiger partial charge in [0.15, 0.2) is 0 Å². The summed E-state index contributed by atoms with van der Waals surface area (Å²) in [6.45, 7) is 3.74. The summed E-state index contributed by atoms with van der Waals surface area (Å²) in [6, 6.07) is -1.75. The fourth-order valence-electron chi connectivity index (χ4n) is 1.32. The van der Waals surface area contributed by atoms with Crippen LogP contribution in [0.25, 0.3) is 0 Å². The lowest BCUT2D eigenvalue weighted by atomic mass is 9.99. The predicted octanol–water partition coefficient (Wildman–Crippen LogP) is -0.302. The molecule has 0 radical (unpaired) electrons. The number of carboxylic acids is 1. The van der Waals surface area contributed by atoms with Crippen LogP contribution in [-0.2, 0) is 20.4 Å². The van der Waals surface area contributed by atoms with E-state index in [-0.39, 0.29) is 18.1 Å². The van der Waals surface area contributed by atoms with Gasteiger partial charge in [-0.1, -0.05) is 20.3 Å². The van der Waals surface area contributed by atoms with E-state index in [4.69, 9.17) is 10.8 Å². The molecule has 4 unspecified atom stereocenters. The molecule has 4 atom stereocenters. The van der Waals surface area contributed by atoms with Crippen molar-refractivity contribution in [2.24, 2.45) is 11.7 Å². The third kappa shape index (κ3) is 6.11. The van der Waals surface area contributed by atoms with E-state index in [0.717, 1.165) is 6.42 Å². The lowest BCUT2D eigenvalue weighted by molar-refractivity contribution is -0.142. The number of carbonyl (C=O) groups is 2. The molecule has 18 heavy (non-hydrogen) atoms. The Balaban J connectivity index is 4.45. The molecule has 1 amide bonds. The fraction of sp³-hybridized carbons (Fsp3) is 0.818. The first-order valence-electron chi connectivity index (χ1n) is 5.88. The topological polar surface area (TPSA) is 109 Å². The Kier molecular flexibility index (Phi) is 7.77. The monoisotopic (exact) mass is 278 g/mol. The molecule has 106 valence electrons. The maximum absolute atomic E-state index is 11.7. The normalized spacial score (nSPS) is 17.6. The fourth-order valence-corrected chi connectivity index (χ4v) is 1.89. The minimum atomic E-state index is -1.13. The maximum atomic E-state index is 11.7. The number of nitrogens with one attached hydrogen (secondary N) is 1. The number of aliphatic carboxylic acids is 1. The molecule has 0 bridgehead atoms. The van der Waals surface area contributed by atoms with E-state index in [0.29, 0.717) is 0 Å². The van der Waals surface area contributed by atoms with Crippen molar-refractivity contribution in [2.45, 2.75) is 38.8 Å². The Hall–Kier alpha value is -0.950. The number of hydrogen-bond acceptors (Lipinski definition) is 4. The minimum absolute atomic E-state index is 0.0141.